The van der Waals surface area contributed by atoms with E-state index >= 15 is 0 Å². The standard InChI is InChI=1S/C16H21N3O2/c1-3-19-15(11-13(2)17-19)9-10-18(16(20)21)12-14-7-5-4-6-8-14/h4-8,11H,3,9-10,12H2,1-2H3,(H,20,21). The average Bonchev–Trinajstić information content (AvgIpc) is 2.84. The number of hydrogen-bond acceptors (Lipinski definition) is 2. The molecule has 1 amide bonds. The van der Waals surface area contributed by atoms with E-state index in [-0.39, 0.29) is 0 Å². The van der Waals surface area contributed by atoms with Crippen molar-refractivity contribution in [3.63, 3.8) is 0 Å². The van der Waals surface area contributed by atoms with E-state index in [2.05, 4.69) is 5.10 Å². The van der Waals surface area contributed by atoms with Crippen LogP contribution in [0.1, 0.15) is 23.9 Å². The summed E-state index contributed by atoms with van der Waals surface area (Å²) in [5.74, 6) is 0. The lowest BCUT2D eigenvalue weighted by Crippen LogP contribution is -2.31. The molecule has 0 radical (unpaired) electrons. The monoisotopic (exact) mass is 287 g/mol. The van der Waals surface area contributed by atoms with Crippen molar-refractivity contribution < 1.29 is 9.90 Å². The van der Waals surface area contributed by atoms with Crippen molar-refractivity contribution in [2.75, 3.05) is 6.54 Å². The molecule has 1 heterocycles. The molecule has 0 aliphatic carbocycles. The Balaban J connectivity index is 2.02. The summed E-state index contributed by atoms with van der Waals surface area (Å²) in [4.78, 5) is 12.8. The van der Waals surface area contributed by atoms with Crippen molar-refractivity contribution >= 4 is 6.09 Å². The Bertz CT molecular complexity index is 593. The number of rotatable bonds is 6. The minimum Gasteiger partial charge on any atom is -0.465 e. The van der Waals surface area contributed by atoms with Gasteiger partial charge in [-0.15, -0.1) is 0 Å². The van der Waals surface area contributed by atoms with E-state index in [4.69, 9.17) is 0 Å². The zero-order valence-corrected chi connectivity index (χ0v) is 12.5. The smallest absolute Gasteiger partial charge is 0.407 e. The summed E-state index contributed by atoms with van der Waals surface area (Å²) in [6.07, 6.45) is -0.216. The van der Waals surface area contributed by atoms with Gasteiger partial charge in [-0.1, -0.05) is 30.3 Å². The second-order valence-corrected chi connectivity index (χ2v) is 5.03. The molecular formula is C16H21N3O2. The number of amides is 1. The lowest BCUT2D eigenvalue weighted by atomic mass is 10.2. The van der Waals surface area contributed by atoms with Crippen LogP contribution in [0.15, 0.2) is 36.4 Å². The predicted molar refractivity (Wildman–Crippen MR) is 81.2 cm³/mol. The van der Waals surface area contributed by atoms with Crippen LogP contribution in [0.4, 0.5) is 4.79 Å². The summed E-state index contributed by atoms with van der Waals surface area (Å²) in [6.45, 7) is 5.67. The largest absolute Gasteiger partial charge is 0.465 e. The number of aryl methyl sites for hydroxylation is 2. The number of hydrogen-bond donors (Lipinski definition) is 1. The molecule has 1 aromatic carbocycles. The molecular weight excluding hydrogens is 266 g/mol. The SMILES string of the molecule is CCn1nc(C)cc1CCN(Cc1ccccc1)C(=O)O. The maximum Gasteiger partial charge on any atom is 0.407 e. The molecule has 0 spiro atoms. The van der Waals surface area contributed by atoms with Gasteiger partial charge >= 0.3 is 6.09 Å². The van der Waals surface area contributed by atoms with Gasteiger partial charge in [0.25, 0.3) is 0 Å². The van der Waals surface area contributed by atoms with Gasteiger partial charge in [-0.3, -0.25) is 4.68 Å². The molecule has 0 saturated carbocycles. The number of carbonyl (C=O) groups is 1. The third-order valence-electron chi connectivity index (χ3n) is 3.41. The Morgan fingerprint density at radius 1 is 1.33 bits per heavy atom. The highest BCUT2D eigenvalue weighted by Gasteiger charge is 2.13. The van der Waals surface area contributed by atoms with E-state index in [1.165, 1.54) is 4.90 Å². The maximum atomic E-state index is 11.4. The Hall–Kier alpha value is -2.30. The summed E-state index contributed by atoms with van der Waals surface area (Å²) in [7, 11) is 0. The van der Waals surface area contributed by atoms with Crippen LogP contribution in [0.25, 0.3) is 0 Å². The van der Waals surface area contributed by atoms with Crippen LogP contribution < -0.4 is 0 Å². The molecule has 0 aliphatic heterocycles. The molecule has 0 aliphatic rings. The van der Waals surface area contributed by atoms with E-state index in [9.17, 15) is 9.90 Å². The van der Waals surface area contributed by atoms with Crippen molar-refractivity contribution in [3.05, 3.63) is 53.3 Å². The summed E-state index contributed by atoms with van der Waals surface area (Å²) in [5, 5.41) is 13.7. The molecule has 21 heavy (non-hydrogen) atoms. The highest BCUT2D eigenvalue weighted by atomic mass is 16.4. The zero-order valence-electron chi connectivity index (χ0n) is 12.5. The minimum atomic E-state index is -0.891. The van der Waals surface area contributed by atoms with E-state index in [0.717, 1.165) is 23.5 Å². The van der Waals surface area contributed by atoms with Crippen LogP contribution in [0.2, 0.25) is 0 Å². The molecule has 2 rings (SSSR count). The Morgan fingerprint density at radius 2 is 2.05 bits per heavy atom. The quantitative estimate of drug-likeness (QED) is 0.888. The molecule has 0 bridgehead atoms. The molecule has 0 saturated heterocycles. The second kappa shape index (κ2) is 6.92. The van der Waals surface area contributed by atoms with E-state index in [1.54, 1.807) is 0 Å². The minimum absolute atomic E-state index is 0.412. The van der Waals surface area contributed by atoms with Gasteiger partial charge in [0.2, 0.25) is 0 Å². The third-order valence-corrected chi connectivity index (χ3v) is 3.41. The molecule has 2 aromatic rings. The average molecular weight is 287 g/mol. The topological polar surface area (TPSA) is 58.4 Å². The normalized spacial score (nSPS) is 10.6. The van der Waals surface area contributed by atoms with Crippen LogP contribution in [0.3, 0.4) is 0 Å². The van der Waals surface area contributed by atoms with Crippen molar-refractivity contribution in [2.45, 2.75) is 33.4 Å². The van der Waals surface area contributed by atoms with Crippen molar-refractivity contribution in [1.82, 2.24) is 14.7 Å². The van der Waals surface area contributed by atoms with Gasteiger partial charge in [0.1, 0.15) is 0 Å². The van der Waals surface area contributed by atoms with Crippen LogP contribution in [-0.4, -0.2) is 32.4 Å². The fourth-order valence-electron chi connectivity index (χ4n) is 2.37. The second-order valence-electron chi connectivity index (χ2n) is 5.03. The number of nitrogens with zero attached hydrogens (tertiary/aromatic N) is 3. The first kappa shape index (κ1) is 15.1. The molecule has 0 fully saturated rings. The van der Waals surface area contributed by atoms with Gasteiger partial charge in [-0.05, 0) is 25.5 Å². The Morgan fingerprint density at radius 3 is 2.67 bits per heavy atom. The zero-order chi connectivity index (χ0) is 15.2. The van der Waals surface area contributed by atoms with Gasteiger partial charge < -0.3 is 10.0 Å². The first-order valence-corrected chi connectivity index (χ1v) is 7.15. The summed E-state index contributed by atoms with van der Waals surface area (Å²) >= 11 is 0. The number of aromatic nitrogens is 2. The predicted octanol–water partition coefficient (Wildman–Crippen LogP) is 2.93. The maximum absolute atomic E-state index is 11.4. The highest BCUT2D eigenvalue weighted by Crippen LogP contribution is 2.09. The molecule has 5 heteroatoms. The fourth-order valence-corrected chi connectivity index (χ4v) is 2.37. The molecule has 0 unspecified atom stereocenters. The molecule has 1 aromatic heterocycles. The van der Waals surface area contributed by atoms with Crippen LogP contribution in [0.5, 0.6) is 0 Å². The highest BCUT2D eigenvalue weighted by molar-refractivity contribution is 5.65. The fraction of sp³-hybridized carbons (Fsp3) is 0.375. The van der Waals surface area contributed by atoms with E-state index in [1.807, 2.05) is 54.9 Å². The van der Waals surface area contributed by atoms with Gasteiger partial charge in [0.05, 0.1) is 5.69 Å². The van der Waals surface area contributed by atoms with Crippen LogP contribution in [-0.2, 0) is 19.5 Å². The van der Waals surface area contributed by atoms with Gasteiger partial charge in [0.15, 0.2) is 0 Å². The molecule has 0 atom stereocenters. The molecule has 112 valence electrons. The van der Waals surface area contributed by atoms with E-state index in [0.29, 0.717) is 19.5 Å². The molecule has 5 nitrogen and oxygen atoms in total. The first-order valence-electron chi connectivity index (χ1n) is 7.15. The van der Waals surface area contributed by atoms with Crippen molar-refractivity contribution in [2.24, 2.45) is 0 Å². The molecule has 1 N–H and O–H groups in total. The Kier molecular flexibility index (Phi) is 4.98. The summed E-state index contributed by atoms with van der Waals surface area (Å²) in [5.41, 5.74) is 3.05. The summed E-state index contributed by atoms with van der Waals surface area (Å²) < 4.78 is 1.93. The van der Waals surface area contributed by atoms with Gasteiger partial charge in [-0.2, -0.15) is 5.10 Å². The lowest BCUT2D eigenvalue weighted by Gasteiger charge is -2.19. The summed E-state index contributed by atoms with van der Waals surface area (Å²) in [6, 6.07) is 11.7. The van der Waals surface area contributed by atoms with E-state index < -0.39 is 6.09 Å². The van der Waals surface area contributed by atoms with Crippen LogP contribution in [0, 0.1) is 6.92 Å². The third kappa shape index (κ3) is 4.08. The number of carboxylic acid groups (broad SMARTS) is 1. The van der Waals surface area contributed by atoms with Gasteiger partial charge in [0, 0.05) is 31.7 Å². The van der Waals surface area contributed by atoms with Crippen molar-refractivity contribution in [3.8, 4) is 0 Å². The number of benzene rings is 1. The lowest BCUT2D eigenvalue weighted by molar-refractivity contribution is 0.142. The van der Waals surface area contributed by atoms with Crippen LogP contribution >= 0.6 is 0 Å². The first-order chi connectivity index (χ1) is 10.1. The van der Waals surface area contributed by atoms with Crippen molar-refractivity contribution in [1.29, 1.82) is 0 Å². The Labute approximate surface area is 124 Å². The van der Waals surface area contributed by atoms with Gasteiger partial charge in [-0.25, -0.2) is 4.79 Å².